The highest BCUT2D eigenvalue weighted by atomic mass is 32.2. The summed E-state index contributed by atoms with van der Waals surface area (Å²) in [4.78, 5) is 24.7. The van der Waals surface area contributed by atoms with Gasteiger partial charge in [0, 0.05) is 11.3 Å². The SMILES string of the molecule is CC(C)(C)OC(=O)N1[C@H](C(=O)[O-])CS[C@H]1c1ccccc1F. The minimum absolute atomic E-state index is 0.126. The molecule has 1 amide bonds. The zero-order valence-electron chi connectivity index (χ0n) is 12.5. The molecule has 120 valence electrons. The fraction of sp³-hybridized carbons (Fsp3) is 0.467. The highest BCUT2D eigenvalue weighted by Crippen LogP contribution is 2.42. The predicted octanol–water partition coefficient (Wildman–Crippen LogP) is 1.93. The van der Waals surface area contributed by atoms with Gasteiger partial charge in [-0.05, 0) is 26.8 Å². The molecule has 1 saturated heterocycles. The number of rotatable bonds is 2. The average molecular weight is 326 g/mol. The van der Waals surface area contributed by atoms with Gasteiger partial charge in [0.05, 0.1) is 12.0 Å². The van der Waals surface area contributed by atoms with Crippen molar-refractivity contribution in [2.24, 2.45) is 0 Å². The van der Waals surface area contributed by atoms with E-state index in [1.165, 1.54) is 30.0 Å². The van der Waals surface area contributed by atoms with Crippen molar-refractivity contribution in [2.45, 2.75) is 37.8 Å². The minimum Gasteiger partial charge on any atom is -0.548 e. The first-order valence-electron chi connectivity index (χ1n) is 6.79. The summed E-state index contributed by atoms with van der Waals surface area (Å²) < 4.78 is 19.2. The third-order valence-corrected chi connectivity index (χ3v) is 4.35. The molecular weight excluding hydrogens is 309 g/mol. The Balaban J connectivity index is 2.35. The lowest BCUT2D eigenvalue weighted by Gasteiger charge is -2.32. The summed E-state index contributed by atoms with van der Waals surface area (Å²) in [6, 6.07) is 4.83. The number of carbonyl (C=O) groups is 2. The molecule has 0 spiro atoms. The topological polar surface area (TPSA) is 69.7 Å². The third-order valence-electron chi connectivity index (χ3n) is 3.05. The number of hydrogen-bond acceptors (Lipinski definition) is 5. The van der Waals surface area contributed by atoms with Gasteiger partial charge < -0.3 is 14.6 Å². The molecule has 7 heteroatoms. The molecule has 0 unspecified atom stereocenters. The highest BCUT2D eigenvalue weighted by molar-refractivity contribution is 7.99. The number of benzene rings is 1. The molecule has 1 heterocycles. The Morgan fingerprint density at radius 2 is 2.00 bits per heavy atom. The second-order valence-electron chi connectivity index (χ2n) is 5.93. The fourth-order valence-corrected chi connectivity index (χ4v) is 3.57. The summed E-state index contributed by atoms with van der Waals surface area (Å²) in [5, 5.41) is 10.5. The lowest BCUT2D eigenvalue weighted by atomic mass is 10.1. The molecule has 5 nitrogen and oxygen atoms in total. The van der Waals surface area contributed by atoms with E-state index < -0.39 is 34.9 Å². The molecule has 0 aromatic heterocycles. The van der Waals surface area contributed by atoms with Gasteiger partial charge >= 0.3 is 6.09 Å². The van der Waals surface area contributed by atoms with Crippen LogP contribution in [0.1, 0.15) is 31.7 Å². The van der Waals surface area contributed by atoms with E-state index in [-0.39, 0.29) is 11.3 Å². The van der Waals surface area contributed by atoms with E-state index in [1.54, 1.807) is 26.8 Å². The molecule has 0 radical (unpaired) electrons. The average Bonchev–Trinajstić information content (AvgIpc) is 2.82. The summed E-state index contributed by atoms with van der Waals surface area (Å²) in [5.41, 5.74) is -0.525. The van der Waals surface area contributed by atoms with E-state index in [1.807, 2.05) is 0 Å². The number of carbonyl (C=O) groups excluding carboxylic acids is 2. The van der Waals surface area contributed by atoms with Crippen LogP contribution in [0.5, 0.6) is 0 Å². The molecule has 1 aromatic rings. The van der Waals surface area contributed by atoms with Crippen LogP contribution in [0.2, 0.25) is 0 Å². The Morgan fingerprint density at radius 3 is 2.55 bits per heavy atom. The molecule has 1 aliphatic heterocycles. The number of carboxylic acid groups (broad SMARTS) is 1. The Labute approximate surface area is 132 Å². The maximum Gasteiger partial charge on any atom is 0.412 e. The van der Waals surface area contributed by atoms with Crippen LogP contribution in [-0.2, 0) is 9.53 Å². The number of halogens is 1. The molecular formula is C15H17FNO4S-. The molecule has 0 aliphatic carbocycles. The largest absolute Gasteiger partial charge is 0.548 e. The van der Waals surface area contributed by atoms with Crippen molar-refractivity contribution >= 4 is 23.8 Å². The maximum atomic E-state index is 14.0. The van der Waals surface area contributed by atoms with Crippen molar-refractivity contribution in [3.8, 4) is 0 Å². The second kappa shape index (κ2) is 6.16. The third kappa shape index (κ3) is 3.52. The van der Waals surface area contributed by atoms with Crippen molar-refractivity contribution in [1.29, 1.82) is 0 Å². The lowest BCUT2D eigenvalue weighted by Crippen LogP contribution is -2.50. The standard InChI is InChI=1S/C15H18FNO4S/c1-15(2,3)21-14(20)17-11(13(18)19)8-22-12(17)9-6-4-5-7-10(9)16/h4-7,11-12H,8H2,1-3H3,(H,18,19)/p-1/t11-,12-/m0/s1. The number of carboxylic acids is 1. The molecule has 22 heavy (non-hydrogen) atoms. The second-order valence-corrected chi connectivity index (χ2v) is 7.04. The number of hydrogen-bond donors (Lipinski definition) is 0. The molecule has 0 N–H and O–H groups in total. The van der Waals surface area contributed by atoms with Crippen LogP contribution in [0.3, 0.4) is 0 Å². The molecule has 0 bridgehead atoms. The Kier molecular flexibility index (Phi) is 4.65. The van der Waals surface area contributed by atoms with Gasteiger partial charge in [0.2, 0.25) is 0 Å². The molecule has 1 fully saturated rings. The van der Waals surface area contributed by atoms with Crippen LogP contribution >= 0.6 is 11.8 Å². The van der Waals surface area contributed by atoms with Gasteiger partial charge in [-0.15, -0.1) is 11.8 Å². The lowest BCUT2D eigenvalue weighted by molar-refractivity contribution is -0.310. The Hall–Kier alpha value is -1.76. The van der Waals surface area contributed by atoms with Gasteiger partial charge in [0.1, 0.15) is 16.8 Å². The first-order valence-corrected chi connectivity index (χ1v) is 7.84. The van der Waals surface area contributed by atoms with Gasteiger partial charge in [-0.2, -0.15) is 0 Å². The van der Waals surface area contributed by atoms with Crippen LogP contribution in [0, 0.1) is 5.82 Å². The molecule has 2 atom stereocenters. The number of ether oxygens (including phenoxy) is 1. The van der Waals surface area contributed by atoms with Crippen LogP contribution < -0.4 is 5.11 Å². The predicted molar refractivity (Wildman–Crippen MR) is 78.5 cm³/mol. The summed E-state index contributed by atoms with van der Waals surface area (Å²) >= 11 is 1.17. The van der Waals surface area contributed by atoms with Crippen LogP contribution in [0.25, 0.3) is 0 Å². The first-order chi connectivity index (χ1) is 10.2. The smallest absolute Gasteiger partial charge is 0.412 e. The molecule has 0 saturated carbocycles. The quantitative estimate of drug-likeness (QED) is 0.830. The van der Waals surface area contributed by atoms with E-state index >= 15 is 0 Å². The van der Waals surface area contributed by atoms with Gasteiger partial charge in [-0.25, -0.2) is 9.18 Å². The number of thioether (sulfide) groups is 1. The molecule has 2 rings (SSSR count). The maximum absolute atomic E-state index is 14.0. The summed E-state index contributed by atoms with van der Waals surface area (Å²) in [7, 11) is 0. The van der Waals surface area contributed by atoms with Crippen molar-refractivity contribution in [3.05, 3.63) is 35.6 Å². The van der Waals surface area contributed by atoms with Crippen molar-refractivity contribution in [2.75, 3.05) is 5.75 Å². The normalized spacial score (nSPS) is 21.7. The van der Waals surface area contributed by atoms with Crippen molar-refractivity contribution < 1.29 is 23.8 Å². The fourth-order valence-electron chi connectivity index (χ4n) is 2.14. The number of nitrogens with zero attached hydrogens (tertiary/aromatic N) is 1. The Morgan fingerprint density at radius 1 is 1.36 bits per heavy atom. The van der Waals surface area contributed by atoms with E-state index in [4.69, 9.17) is 4.74 Å². The van der Waals surface area contributed by atoms with E-state index in [0.717, 1.165) is 4.90 Å². The van der Waals surface area contributed by atoms with Crippen LogP contribution in [0.4, 0.5) is 9.18 Å². The highest BCUT2D eigenvalue weighted by Gasteiger charge is 2.42. The zero-order valence-corrected chi connectivity index (χ0v) is 13.4. The van der Waals surface area contributed by atoms with Gasteiger partial charge in [-0.1, -0.05) is 18.2 Å². The monoisotopic (exact) mass is 326 g/mol. The Bertz CT molecular complexity index is 587. The van der Waals surface area contributed by atoms with E-state index in [0.29, 0.717) is 0 Å². The molecule has 1 aliphatic rings. The number of aliphatic carboxylic acids is 1. The summed E-state index contributed by atoms with van der Waals surface area (Å²) in [5.74, 6) is -1.75. The molecule has 1 aromatic carbocycles. The number of amides is 1. The van der Waals surface area contributed by atoms with Crippen molar-refractivity contribution in [3.63, 3.8) is 0 Å². The van der Waals surface area contributed by atoms with E-state index in [2.05, 4.69) is 0 Å². The van der Waals surface area contributed by atoms with Crippen molar-refractivity contribution in [1.82, 2.24) is 4.90 Å². The van der Waals surface area contributed by atoms with Crippen LogP contribution in [0.15, 0.2) is 24.3 Å². The van der Waals surface area contributed by atoms with Crippen LogP contribution in [-0.4, -0.2) is 34.4 Å². The van der Waals surface area contributed by atoms with Gasteiger partial charge in [-0.3, -0.25) is 4.90 Å². The van der Waals surface area contributed by atoms with Gasteiger partial charge in [0.25, 0.3) is 0 Å². The zero-order chi connectivity index (χ0) is 16.5. The summed E-state index contributed by atoms with van der Waals surface area (Å²) in [6.07, 6.45) is -0.792. The van der Waals surface area contributed by atoms with Gasteiger partial charge in [0.15, 0.2) is 0 Å². The minimum atomic E-state index is -1.38. The van der Waals surface area contributed by atoms with E-state index in [9.17, 15) is 19.1 Å². The summed E-state index contributed by atoms with van der Waals surface area (Å²) in [6.45, 7) is 5.04. The first kappa shape index (κ1) is 16.6.